The number of anilines is 2. The van der Waals surface area contributed by atoms with Gasteiger partial charge in [0.2, 0.25) is 5.95 Å². The summed E-state index contributed by atoms with van der Waals surface area (Å²) in [5, 5.41) is 7.95. The number of nitrogens with one attached hydrogen (secondary N) is 1. The van der Waals surface area contributed by atoms with Crippen molar-refractivity contribution in [3.63, 3.8) is 0 Å². The molecule has 0 atom stereocenters. The summed E-state index contributed by atoms with van der Waals surface area (Å²) in [6.45, 7) is 9.46. The van der Waals surface area contributed by atoms with Crippen molar-refractivity contribution in [3.05, 3.63) is 70.0 Å². The van der Waals surface area contributed by atoms with Crippen molar-refractivity contribution in [1.29, 1.82) is 0 Å². The molecule has 1 N–H and O–H groups in total. The van der Waals surface area contributed by atoms with E-state index in [0.29, 0.717) is 71.4 Å². The number of imidazole rings is 1. The van der Waals surface area contributed by atoms with Crippen molar-refractivity contribution in [2.75, 3.05) is 38.0 Å². The monoisotopic (exact) mass is 659 g/mol. The van der Waals surface area contributed by atoms with Gasteiger partial charge in [-0.15, -0.1) is 0 Å². The van der Waals surface area contributed by atoms with Gasteiger partial charge in [0.25, 0.3) is 5.56 Å². The summed E-state index contributed by atoms with van der Waals surface area (Å²) in [5.41, 5.74) is 2.72. The van der Waals surface area contributed by atoms with Crippen LogP contribution in [0.1, 0.15) is 45.1 Å². The van der Waals surface area contributed by atoms with Crippen molar-refractivity contribution in [1.82, 2.24) is 38.5 Å². The number of halogens is 1. The SMILES string of the molecule is Cn1c(Nc2cc(C3CC3)cn(CCN3CCN(C(=O)OC(C)(C)C)CC3)c2=O)nc2ncc(Oc3cnn4ccccc34)c(Cl)c21. The largest absolute Gasteiger partial charge is 0.450 e. The van der Waals surface area contributed by atoms with Crippen LogP contribution in [-0.2, 0) is 18.3 Å². The van der Waals surface area contributed by atoms with Gasteiger partial charge in [-0.2, -0.15) is 10.1 Å². The van der Waals surface area contributed by atoms with E-state index in [0.717, 1.165) is 37.0 Å². The fraction of sp³-hybridized carbons (Fsp3) is 0.424. The molecule has 5 aromatic heterocycles. The first-order valence-electron chi connectivity index (χ1n) is 15.9. The zero-order chi connectivity index (χ0) is 32.9. The molecule has 1 saturated heterocycles. The van der Waals surface area contributed by atoms with Crippen LogP contribution in [0.4, 0.5) is 16.4 Å². The van der Waals surface area contributed by atoms with E-state index in [1.54, 1.807) is 30.9 Å². The first-order chi connectivity index (χ1) is 22.5. The number of pyridine rings is 3. The Balaban J connectivity index is 1.08. The number of fused-ring (bicyclic) bond motifs is 2. The van der Waals surface area contributed by atoms with Crippen molar-refractivity contribution in [3.8, 4) is 11.5 Å². The van der Waals surface area contributed by atoms with Crippen molar-refractivity contribution in [2.45, 2.75) is 51.7 Å². The lowest BCUT2D eigenvalue weighted by Crippen LogP contribution is -2.50. The lowest BCUT2D eigenvalue weighted by Gasteiger charge is -2.35. The summed E-state index contributed by atoms with van der Waals surface area (Å²) >= 11 is 6.85. The molecule has 1 aliphatic carbocycles. The summed E-state index contributed by atoms with van der Waals surface area (Å²) in [6.07, 6.45) is 8.92. The number of carbonyl (C=O) groups excluding carboxylic acids is 1. The number of hydrogen-bond acceptors (Lipinski definition) is 9. The van der Waals surface area contributed by atoms with Crippen LogP contribution >= 0.6 is 11.6 Å². The Bertz CT molecular complexity index is 2020. The highest BCUT2D eigenvalue weighted by Crippen LogP contribution is 2.41. The summed E-state index contributed by atoms with van der Waals surface area (Å²) in [5.74, 6) is 1.81. The van der Waals surface area contributed by atoms with Crippen LogP contribution in [0, 0.1) is 0 Å². The highest BCUT2D eigenvalue weighted by molar-refractivity contribution is 6.36. The van der Waals surface area contributed by atoms with E-state index in [2.05, 4.69) is 25.3 Å². The quantitative estimate of drug-likeness (QED) is 0.233. The zero-order valence-electron chi connectivity index (χ0n) is 26.9. The molecule has 0 radical (unpaired) electrons. The zero-order valence-corrected chi connectivity index (χ0v) is 27.7. The number of amides is 1. The highest BCUT2D eigenvalue weighted by atomic mass is 35.5. The van der Waals surface area contributed by atoms with Crippen molar-refractivity contribution >= 4 is 46.0 Å². The third kappa shape index (κ3) is 6.50. The van der Waals surface area contributed by atoms with Crippen LogP contribution in [0.3, 0.4) is 0 Å². The number of carbonyl (C=O) groups is 1. The molecule has 0 spiro atoms. The second-order valence-electron chi connectivity index (χ2n) is 13.1. The lowest BCUT2D eigenvalue weighted by atomic mass is 10.1. The Morgan fingerprint density at radius 1 is 1.09 bits per heavy atom. The van der Waals surface area contributed by atoms with Crippen molar-refractivity contribution < 1.29 is 14.3 Å². The molecule has 7 rings (SSSR count). The highest BCUT2D eigenvalue weighted by Gasteiger charge is 2.28. The Morgan fingerprint density at radius 3 is 2.62 bits per heavy atom. The molecule has 0 bridgehead atoms. The predicted octanol–water partition coefficient (Wildman–Crippen LogP) is 5.40. The summed E-state index contributed by atoms with van der Waals surface area (Å²) in [4.78, 5) is 39.4. The number of hydrogen-bond donors (Lipinski definition) is 1. The van der Waals surface area contributed by atoms with E-state index in [1.807, 2.05) is 64.5 Å². The fourth-order valence-electron chi connectivity index (χ4n) is 5.81. The molecule has 47 heavy (non-hydrogen) atoms. The molecule has 13 nitrogen and oxygen atoms in total. The number of piperazine rings is 1. The molecule has 5 aromatic rings. The van der Waals surface area contributed by atoms with Crippen LogP contribution < -0.4 is 15.6 Å². The second-order valence-corrected chi connectivity index (χ2v) is 13.5. The molecule has 1 aliphatic heterocycles. The van der Waals surface area contributed by atoms with E-state index < -0.39 is 5.60 Å². The molecule has 6 heterocycles. The molecule has 2 fully saturated rings. The van der Waals surface area contributed by atoms with Crippen LogP contribution in [0.25, 0.3) is 16.7 Å². The maximum atomic E-state index is 13.8. The van der Waals surface area contributed by atoms with Gasteiger partial charge in [0, 0.05) is 58.7 Å². The molecule has 0 aromatic carbocycles. The van der Waals surface area contributed by atoms with Gasteiger partial charge in [0.05, 0.1) is 12.4 Å². The number of aryl methyl sites for hydroxylation is 1. The fourth-order valence-corrected chi connectivity index (χ4v) is 6.11. The van der Waals surface area contributed by atoms with E-state index in [-0.39, 0.29) is 11.7 Å². The first-order valence-corrected chi connectivity index (χ1v) is 16.2. The number of ether oxygens (including phenoxy) is 2. The second kappa shape index (κ2) is 12.2. The number of aromatic nitrogens is 6. The molecule has 0 unspecified atom stereocenters. The van der Waals surface area contributed by atoms with E-state index in [1.165, 1.54) is 0 Å². The van der Waals surface area contributed by atoms with Gasteiger partial charge in [-0.3, -0.25) is 9.69 Å². The molecule has 14 heteroatoms. The average molecular weight is 660 g/mol. The normalized spacial score (nSPS) is 15.8. The van der Waals surface area contributed by atoms with Crippen LogP contribution in [0.5, 0.6) is 11.5 Å². The Hall–Kier alpha value is -4.62. The molecule has 1 saturated carbocycles. The van der Waals surface area contributed by atoms with Gasteiger partial charge < -0.3 is 28.8 Å². The molecular weight excluding hydrogens is 622 g/mol. The molecule has 2 aliphatic rings. The smallest absolute Gasteiger partial charge is 0.410 e. The topological polar surface area (TPSA) is 124 Å². The minimum absolute atomic E-state index is 0.134. The lowest BCUT2D eigenvalue weighted by molar-refractivity contribution is 0.0143. The standard InChI is InChI=1S/C33H38ClN9O4/c1-33(2,3)47-32(45)41-14-11-40(12-15-41)13-16-42-20-22(21-8-9-21)17-23(30(42)44)37-31-38-29-28(39(31)4)27(34)26(18-35-29)46-25-19-36-43-10-6-5-7-24(25)43/h5-7,10,17-21H,8-9,11-16H2,1-4H3,(H,35,37,38). The maximum Gasteiger partial charge on any atom is 0.410 e. The van der Waals surface area contributed by atoms with Gasteiger partial charge >= 0.3 is 6.09 Å². The molecular formula is C33H38ClN9O4. The van der Waals surface area contributed by atoms with E-state index in [9.17, 15) is 9.59 Å². The minimum atomic E-state index is -0.522. The van der Waals surface area contributed by atoms with Gasteiger partial charge in [-0.05, 0) is 63.3 Å². The molecule has 246 valence electrons. The van der Waals surface area contributed by atoms with Crippen LogP contribution in [0.2, 0.25) is 5.02 Å². The third-order valence-corrected chi connectivity index (χ3v) is 8.86. The van der Waals surface area contributed by atoms with Crippen molar-refractivity contribution in [2.24, 2.45) is 7.05 Å². The van der Waals surface area contributed by atoms with Gasteiger partial charge in [-0.25, -0.2) is 14.3 Å². The van der Waals surface area contributed by atoms with Gasteiger partial charge in [0.15, 0.2) is 17.1 Å². The summed E-state index contributed by atoms with van der Waals surface area (Å²) in [7, 11) is 1.82. The number of nitrogens with zero attached hydrogens (tertiary/aromatic N) is 8. The third-order valence-electron chi connectivity index (χ3n) is 8.50. The van der Waals surface area contributed by atoms with Crippen LogP contribution in [0.15, 0.2) is 53.8 Å². The summed E-state index contributed by atoms with van der Waals surface area (Å²) < 4.78 is 16.9. The predicted molar refractivity (Wildman–Crippen MR) is 179 cm³/mol. The maximum absolute atomic E-state index is 13.8. The number of rotatable bonds is 8. The average Bonchev–Trinajstić information content (AvgIpc) is 3.74. The van der Waals surface area contributed by atoms with Gasteiger partial charge in [-0.1, -0.05) is 17.7 Å². The minimum Gasteiger partial charge on any atom is -0.450 e. The van der Waals surface area contributed by atoms with E-state index >= 15 is 0 Å². The molecule has 1 amide bonds. The Morgan fingerprint density at radius 2 is 1.87 bits per heavy atom. The van der Waals surface area contributed by atoms with Gasteiger partial charge in [0.1, 0.15) is 27.3 Å². The Labute approximate surface area is 276 Å². The van der Waals surface area contributed by atoms with Crippen LogP contribution in [-0.4, -0.2) is 82.9 Å². The first kappa shape index (κ1) is 31.0. The van der Waals surface area contributed by atoms with E-state index in [4.69, 9.17) is 21.1 Å². The summed E-state index contributed by atoms with van der Waals surface area (Å²) in [6, 6.07) is 7.64. The Kier molecular flexibility index (Phi) is 8.04.